The second kappa shape index (κ2) is 7.14. The zero-order chi connectivity index (χ0) is 13.5. The molecule has 0 aliphatic carbocycles. The Balaban J connectivity index is 2.02. The van der Waals surface area contributed by atoms with Crippen LogP contribution in [0.2, 0.25) is 0 Å². The highest BCUT2D eigenvalue weighted by Gasteiger charge is 2.08. The third-order valence-corrected chi connectivity index (χ3v) is 2.92. The predicted molar refractivity (Wildman–Crippen MR) is 74.3 cm³/mol. The van der Waals surface area contributed by atoms with Crippen molar-refractivity contribution in [2.75, 3.05) is 6.61 Å². The average Bonchev–Trinajstić information content (AvgIpc) is 2.93. The summed E-state index contributed by atoms with van der Waals surface area (Å²) in [6.07, 6.45) is 3.44. The predicted octanol–water partition coefficient (Wildman–Crippen LogP) is 4.04. The first kappa shape index (κ1) is 13.9. The minimum absolute atomic E-state index is 0.222. The Hall–Kier alpha value is -1.55. The van der Waals surface area contributed by atoms with Crippen LogP contribution in [0.3, 0.4) is 0 Å². The highest BCUT2D eigenvalue weighted by molar-refractivity contribution is 6.16. The molecule has 0 amide bonds. The molecule has 0 saturated carbocycles. The average molecular weight is 281 g/mol. The molecule has 0 spiro atoms. The van der Waals surface area contributed by atoms with Crippen LogP contribution in [-0.4, -0.2) is 16.7 Å². The highest BCUT2D eigenvalue weighted by atomic mass is 35.5. The summed E-state index contributed by atoms with van der Waals surface area (Å²) in [6.45, 7) is 2.90. The maximum absolute atomic E-state index is 5.69. The number of rotatable bonds is 7. The summed E-state index contributed by atoms with van der Waals surface area (Å²) >= 11 is 5.64. The Morgan fingerprint density at radius 3 is 2.95 bits per heavy atom. The summed E-state index contributed by atoms with van der Waals surface area (Å²) in [5.74, 6) is 2.01. The molecule has 0 bridgehead atoms. The zero-order valence-corrected chi connectivity index (χ0v) is 11.7. The fourth-order valence-electron chi connectivity index (χ4n) is 1.69. The lowest BCUT2D eigenvalue weighted by Crippen LogP contribution is -1.97. The molecule has 0 fully saturated rings. The molecule has 2 aromatic rings. The van der Waals surface area contributed by atoms with Gasteiger partial charge >= 0.3 is 0 Å². The molecular weight excluding hydrogens is 264 g/mol. The standard InChI is InChI=1S/C14H17ClN2O2/c1-2-3-4-8-18-12-7-5-6-11(9-12)14-16-13(10-15)19-17-14/h5-7,9H,2-4,8,10H2,1H3. The largest absolute Gasteiger partial charge is 0.494 e. The van der Waals surface area contributed by atoms with Crippen molar-refractivity contribution < 1.29 is 9.26 Å². The van der Waals surface area contributed by atoms with Crippen molar-refractivity contribution in [1.29, 1.82) is 0 Å². The van der Waals surface area contributed by atoms with Crippen molar-refractivity contribution in [3.63, 3.8) is 0 Å². The Bertz CT molecular complexity index is 514. The fraction of sp³-hybridized carbons (Fsp3) is 0.429. The van der Waals surface area contributed by atoms with Crippen molar-refractivity contribution >= 4 is 11.6 Å². The van der Waals surface area contributed by atoms with Crippen LogP contribution in [-0.2, 0) is 5.88 Å². The van der Waals surface area contributed by atoms with E-state index in [1.807, 2.05) is 24.3 Å². The van der Waals surface area contributed by atoms with Crippen LogP contribution in [0.25, 0.3) is 11.4 Å². The van der Waals surface area contributed by atoms with Crippen molar-refractivity contribution in [2.45, 2.75) is 32.1 Å². The van der Waals surface area contributed by atoms with Gasteiger partial charge in [0.2, 0.25) is 11.7 Å². The van der Waals surface area contributed by atoms with Gasteiger partial charge in [-0.3, -0.25) is 0 Å². The van der Waals surface area contributed by atoms with Gasteiger partial charge in [0.05, 0.1) is 6.61 Å². The van der Waals surface area contributed by atoms with Gasteiger partial charge in [0.25, 0.3) is 0 Å². The summed E-state index contributed by atoms with van der Waals surface area (Å²) in [7, 11) is 0. The molecule has 102 valence electrons. The third-order valence-electron chi connectivity index (χ3n) is 2.69. The van der Waals surface area contributed by atoms with E-state index in [0.717, 1.165) is 24.3 Å². The molecule has 5 heteroatoms. The number of aromatic nitrogens is 2. The lowest BCUT2D eigenvalue weighted by Gasteiger charge is -2.06. The molecule has 4 nitrogen and oxygen atoms in total. The number of halogens is 1. The first-order valence-electron chi connectivity index (χ1n) is 6.45. The highest BCUT2D eigenvalue weighted by Crippen LogP contribution is 2.22. The lowest BCUT2D eigenvalue weighted by atomic mass is 10.2. The minimum Gasteiger partial charge on any atom is -0.494 e. The maximum Gasteiger partial charge on any atom is 0.241 e. The number of nitrogens with zero attached hydrogens (tertiary/aromatic N) is 2. The smallest absolute Gasteiger partial charge is 0.241 e. The van der Waals surface area contributed by atoms with Crippen molar-refractivity contribution in [3.8, 4) is 17.1 Å². The Morgan fingerprint density at radius 1 is 1.32 bits per heavy atom. The van der Waals surface area contributed by atoms with E-state index in [2.05, 4.69) is 17.1 Å². The molecule has 2 rings (SSSR count). The summed E-state index contributed by atoms with van der Waals surface area (Å²) in [5.41, 5.74) is 0.869. The molecule has 19 heavy (non-hydrogen) atoms. The molecule has 0 aliphatic heterocycles. The van der Waals surface area contributed by atoms with E-state index in [-0.39, 0.29) is 5.88 Å². The summed E-state index contributed by atoms with van der Waals surface area (Å²) in [5, 5.41) is 3.88. The number of unbranched alkanes of at least 4 members (excludes halogenated alkanes) is 2. The summed E-state index contributed by atoms with van der Waals surface area (Å²) < 4.78 is 10.7. The molecular formula is C14H17ClN2O2. The first-order valence-corrected chi connectivity index (χ1v) is 6.98. The van der Waals surface area contributed by atoms with Gasteiger partial charge in [-0.15, -0.1) is 11.6 Å². The number of alkyl halides is 1. The van der Waals surface area contributed by atoms with Gasteiger partial charge in [0.1, 0.15) is 11.6 Å². The summed E-state index contributed by atoms with van der Waals surface area (Å²) in [6, 6.07) is 7.68. The van der Waals surface area contributed by atoms with E-state index in [1.54, 1.807) is 0 Å². The second-order valence-corrected chi connectivity index (χ2v) is 4.50. The number of hydrogen-bond acceptors (Lipinski definition) is 4. The van der Waals surface area contributed by atoms with Gasteiger partial charge in [-0.1, -0.05) is 37.1 Å². The molecule has 0 aliphatic rings. The van der Waals surface area contributed by atoms with Gasteiger partial charge in [-0.25, -0.2) is 0 Å². The number of hydrogen-bond donors (Lipinski definition) is 0. The first-order chi connectivity index (χ1) is 9.33. The monoisotopic (exact) mass is 280 g/mol. The van der Waals surface area contributed by atoms with Crippen molar-refractivity contribution in [2.24, 2.45) is 0 Å². The molecule has 1 aromatic carbocycles. The van der Waals surface area contributed by atoms with Crippen LogP contribution in [0.5, 0.6) is 5.75 Å². The van der Waals surface area contributed by atoms with Gasteiger partial charge in [-0.05, 0) is 18.6 Å². The molecule has 1 aromatic heterocycles. The molecule has 0 radical (unpaired) electrons. The van der Waals surface area contributed by atoms with Gasteiger partial charge in [0.15, 0.2) is 0 Å². The fourth-order valence-corrected chi connectivity index (χ4v) is 1.80. The van der Waals surface area contributed by atoms with Crippen molar-refractivity contribution in [3.05, 3.63) is 30.2 Å². The summed E-state index contributed by atoms with van der Waals surface area (Å²) in [4.78, 5) is 4.18. The topological polar surface area (TPSA) is 48.2 Å². The number of benzene rings is 1. The van der Waals surface area contributed by atoms with Crippen molar-refractivity contribution in [1.82, 2.24) is 10.1 Å². The quantitative estimate of drug-likeness (QED) is 0.567. The van der Waals surface area contributed by atoms with Crippen LogP contribution in [0, 0.1) is 0 Å². The van der Waals surface area contributed by atoms with Crippen LogP contribution in [0.15, 0.2) is 28.8 Å². The Kier molecular flexibility index (Phi) is 5.21. The molecule has 0 unspecified atom stereocenters. The molecule has 0 saturated heterocycles. The van der Waals surface area contributed by atoms with E-state index < -0.39 is 0 Å². The van der Waals surface area contributed by atoms with E-state index in [1.165, 1.54) is 12.8 Å². The lowest BCUT2D eigenvalue weighted by molar-refractivity contribution is 0.306. The van der Waals surface area contributed by atoms with Crippen LogP contribution >= 0.6 is 11.6 Å². The SMILES string of the molecule is CCCCCOc1cccc(-c2noc(CCl)n2)c1. The van der Waals surface area contributed by atoms with Crippen LogP contribution < -0.4 is 4.74 Å². The van der Waals surface area contributed by atoms with Crippen LogP contribution in [0.1, 0.15) is 32.1 Å². The Labute approximate surface area is 117 Å². The van der Waals surface area contributed by atoms with E-state index in [0.29, 0.717) is 11.7 Å². The second-order valence-electron chi connectivity index (χ2n) is 4.23. The van der Waals surface area contributed by atoms with E-state index >= 15 is 0 Å². The molecule has 0 atom stereocenters. The van der Waals surface area contributed by atoms with Crippen LogP contribution in [0.4, 0.5) is 0 Å². The maximum atomic E-state index is 5.69. The molecule has 1 heterocycles. The molecule has 0 N–H and O–H groups in total. The number of ether oxygens (including phenoxy) is 1. The Morgan fingerprint density at radius 2 is 2.21 bits per heavy atom. The van der Waals surface area contributed by atoms with E-state index in [9.17, 15) is 0 Å². The van der Waals surface area contributed by atoms with Gasteiger partial charge in [0, 0.05) is 5.56 Å². The third kappa shape index (κ3) is 3.96. The van der Waals surface area contributed by atoms with Gasteiger partial charge < -0.3 is 9.26 Å². The zero-order valence-electron chi connectivity index (χ0n) is 10.9. The normalized spacial score (nSPS) is 10.6. The van der Waals surface area contributed by atoms with Gasteiger partial charge in [-0.2, -0.15) is 4.98 Å². The van der Waals surface area contributed by atoms with E-state index in [4.69, 9.17) is 20.9 Å². The minimum atomic E-state index is 0.222.